The van der Waals surface area contributed by atoms with Gasteiger partial charge in [-0.2, -0.15) is 0 Å². The molecule has 0 aromatic carbocycles. The first kappa shape index (κ1) is 10.2. The molecule has 0 aromatic rings. The highest BCUT2D eigenvalue weighted by Crippen LogP contribution is 2.18. The summed E-state index contributed by atoms with van der Waals surface area (Å²) in [5, 5.41) is 8.76. The minimum atomic E-state index is -0.709. The highest BCUT2D eigenvalue weighted by molar-refractivity contribution is 5.70. The molecule has 2 heteroatoms. The SMILES string of the molecule is C=CC(C)C(CCC)C(=O)O. The van der Waals surface area contributed by atoms with Crippen LogP contribution in [0.1, 0.15) is 26.7 Å². The third kappa shape index (κ3) is 3.21. The van der Waals surface area contributed by atoms with Crippen LogP contribution >= 0.6 is 0 Å². The van der Waals surface area contributed by atoms with Gasteiger partial charge >= 0.3 is 5.97 Å². The van der Waals surface area contributed by atoms with Crippen LogP contribution in [0.25, 0.3) is 0 Å². The molecule has 0 aliphatic carbocycles. The van der Waals surface area contributed by atoms with E-state index in [0.29, 0.717) is 0 Å². The molecule has 0 spiro atoms. The van der Waals surface area contributed by atoms with Gasteiger partial charge in [-0.15, -0.1) is 6.58 Å². The fourth-order valence-corrected chi connectivity index (χ4v) is 1.09. The highest BCUT2D eigenvalue weighted by Gasteiger charge is 2.20. The maximum Gasteiger partial charge on any atom is 0.307 e. The van der Waals surface area contributed by atoms with Gasteiger partial charge in [0.05, 0.1) is 5.92 Å². The summed E-state index contributed by atoms with van der Waals surface area (Å²) < 4.78 is 0. The number of carboxylic acids is 1. The monoisotopic (exact) mass is 156 g/mol. The van der Waals surface area contributed by atoms with E-state index in [1.807, 2.05) is 13.8 Å². The Balaban J connectivity index is 4.08. The predicted octanol–water partition coefficient (Wildman–Crippen LogP) is 2.31. The largest absolute Gasteiger partial charge is 0.481 e. The van der Waals surface area contributed by atoms with Crippen LogP contribution in [0.3, 0.4) is 0 Å². The molecular weight excluding hydrogens is 140 g/mol. The van der Waals surface area contributed by atoms with Crippen molar-refractivity contribution in [2.75, 3.05) is 0 Å². The number of hydrogen-bond donors (Lipinski definition) is 1. The fourth-order valence-electron chi connectivity index (χ4n) is 1.09. The van der Waals surface area contributed by atoms with Gasteiger partial charge in [-0.25, -0.2) is 0 Å². The van der Waals surface area contributed by atoms with Crippen LogP contribution in [-0.4, -0.2) is 11.1 Å². The van der Waals surface area contributed by atoms with Gasteiger partial charge < -0.3 is 5.11 Å². The molecule has 0 saturated carbocycles. The first-order chi connectivity index (χ1) is 5.13. The lowest BCUT2D eigenvalue weighted by Gasteiger charge is -2.15. The van der Waals surface area contributed by atoms with Gasteiger partial charge in [0.2, 0.25) is 0 Å². The van der Waals surface area contributed by atoms with E-state index in [1.165, 1.54) is 0 Å². The third-order valence-electron chi connectivity index (χ3n) is 1.92. The predicted molar refractivity (Wildman–Crippen MR) is 45.4 cm³/mol. The molecule has 0 fully saturated rings. The molecule has 2 unspecified atom stereocenters. The van der Waals surface area contributed by atoms with E-state index in [4.69, 9.17) is 5.11 Å². The molecule has 0 aromatic heterocycles. The van der Waals surface area contributed by atoms with E-state index < -0.39 is 5.97 Å². The summed E-state index contributed by atoms with van der Waals surface area (Å²) >= 11 is 0. The smallest absolute Gasteiger partial charge is 0.307 e. The first-order valence-corrected chi connectivity index (χ1v) is 3.98. The van der Waals surface area contributed by atoms with Crippen molar-refractivity contribution in [2.24, 2.45) is 11.8 Å². The third-order valence-corrected chi connectivity index (χ3v) is 1.92. The molecular formula is C9H16O2. The topological polar surface area (TPSA) is 37.3 Å². The Kier molecular flexibility index (Phi) is 4.59. The van der Waals surface area contributed by atoms with Crippen LogP contribution in [0.5, 0.6) is 0 Å². The molecule has 0 radical (unpaired) electrons. The van der Waals surface area contributed by atoms with E-state index >= 15 is 0 Å². The van der Waals surface area contributed by atoms with Crippen LogP contribution in [0, 0.1) is 11.8 Å². The van der Waals surface area contributed by atoms with E-state index in [-0.39, 0.29) is 11.8 Å². The van der Waals surface area contributed by atoms with Crippen molar-refractivity contribution in [2.45, 2.75) is 26.7 Å². The fraction of sp³-hybridized carbons (Fsp3) is 0.667. The number of allylic oxidation sites excluding steroid dienone is 1. The van der Waals surface area contributed by atoms with Crippen molar-refractivity contribution in [3.63, 3.8) is 0 Å². The second kappa shape index (κ2) is 4.94. The van der Waals surface area contributed by atoms with Gasteiger partial charge in [0.15, 0.2) is 0 Å². The lowest BCUT2D eigenvalue weighted by atomic mass is 9.90. The summed E-state index contributed by atoms with van der Waals surface area (Å²) in [5.74, 6) is -0.885. The van der Waals surface area contributed by atoms with E-state index in [1.54, 1.807) is 6.08 Å². The highest BCUT2D eigenvalue weighted by atomic mass is 16.4. The van der Waals surface area contributed by atoms with Gasteiger partial charge in [0.25, 0.3) is 0 Å². The summed E-state index contributed by atoms with van der Waals surface area (Å²) in [7, 11) is 0. The molecule has 1 N–H and O–H groups in total. The summed E-state index contributed by atoms with van der Waals surface area (Å²) in [6.07, 6.45) is 3.35. The number of hydrogen-bond acceptors (Lipinski definition) is 1. The van der Waals surface area contributed by atoms with Crippen molar-refractivity contribution in [1.82, 2.24) is 0 Å². The van der Waals surface area contributed by atoms with E-state index in [2.05, 4.69) is 6.58 Å². The number of carboxylic acid groups (broad SMARTS) is 1. The van der Waals surface area contributed by atoms with Crippen LogP contribution in [0.15, 0.2) is 12.7 Å². The summed E-state index contributed by atoms with van der Waals surface area (Å²) in [4.78, 5) is 10.6. The van der Waals surface area contributed by atoms with Crippen molar-refractivity contribution in [1.29, 1.82) is 0 Å². The minimum absolute atomic E-state index is 0.0763. The van der Waals surface area contributed by atoms with Crippen molar-refractivity contribution >= 4 is 5.97 Å². The van der Waals surface area contributed by atoms with Gasteiger partial charge in [0.1, 0.15) is 0 Å². The summed E-state index contributed by atoms with van der Waals surface area (Å²) in [6.45, 7) is 7.46. The lowest BCUT2D eigenvalue weighted by molar-refractivity contribution is -0.143. The molecule has 11 heavy (non-hydrogen) atoms. The molecule has 0 amide bonds. The Labute approximate surface area is 67.9 Å². The molecule has 0 rings (SSSR count). The summed E-state index contributed by atoms with van der Waals surface area (Å²) in [5.41, 5.74) is 0. The quantitative estimate of drug-likeness (QED) is 0.620. The molecule has 2 nitrogen and oxygen atoms in total. The van der Waals surface area contributed by atoms with Crippen LogP contribution in [0.2, 0.25) is 0 Å². The zero-order valence-corrected chi connectivity index (χ0v) is 7.21. The maximum atomic E-state index is 10.6. The Bertz CT molecular complexity index is 140. The zero-order chi connectivity index (χ0) is 8.85. The van der Waals surface area contributed by atoms with Crippen LogP contribution in [-0.2, 0) is 4.79 Å². The molecule has 64 valence electrons. The molecule has 2 atom stereocenters. The average Bonchev–Trinajstić information content (AvgIpc) is 1.98. The molecule has 0 saturated heterocycles. The molecule has 0 aliphatic rings. The van der Waals surface area contributed by atoms with Crippen LogP contribution in [0.4, 0.5) is 0 Å². The van der Waals surface area contributed by atoms with Crippen LogP contribution < -0.4 is 0 Å². The zero-order valence-electron chi connectivity index (χ0n) is 7.21. The second-order valence-electron chi connectivity index (χ2n) is 2.83. The second-order valence-corrected chi connectivity index (χ2v) is 2.83. The standard InChI is InChI=1S/C9H16O2/c1-4-6-8(9(10)11)7(3)5-2/h5,7-8H,2,4,6H2,1,3H3,(H,10,11). The number of rotatable bonds is 5. The Morgan fingerprint density at radius 2 is 2.27 bits per heavy atom. The van der Waals surface area contributed by atoms with Gasteiger partial charge in [-0.1, -0.05) is 26.3 Å². The van der Waals surface area contributed by atoms with Gasteiger partial charge in [-0.05, 0) is 12.3 Å². The van der Waals surface area contributed by atoms with Crippen molar-refractivity contribution in [3.05, 3.63) is 12.7 Å². The van der Waals surface area contributed by atoms with Crippen molar-refractivity contribution in [3.8, 4) is 0 Å². The Morgan fingerprint density at radius 3 is 2.55 bits per heavy atom. The molecule has 0 aliphatic heterocycles. The van der Waals surface area contributed by atoms with E-state index in [0.717, 1.165) is 12.8 Å². The number of carbonyl (C=O) groups is 1. The Hall–Kier alpha value is -0.790. The number of aliphatic carboxylic acids is 1. The lowest BCUT2D eigenvalue weighted by Crippen LogP contribution is -2.19. The first-order valence-electron chi connectivity index (χ1n) is 3.98. The summed E-state index contributed by atoms with van der Waals surface area (Å²) in [6, 6.07) is 0. The van der Waals surface area contributed by atoms with Crippen molar-refractivity contribution < 1.29 is 9.90 Å². The van der Waals surface area contributed by atoms with E-state index in [9.17, 15) is 4.79 Å². The average molecular weight is 156 g/mol. The maximum absolute atomic E-state index is 10.6. The van der Waals surface area contributed by atoms with Gasteiger partial charge in [0, 0.05) is 0 Å². The minimum Gasteiger partial charge on any atom is -0.481 e. The Morgan fingerprint density at radius 1 is 1.73 bits per heavy atom. The van der Waals surface area contributed by atoms with Gasteiger partial charge in [-0.3, -0.25) is 4.79 Å². The normalized spacial score (nSPS) is 15.5. The molecule has 0 heterocycles. The molecule has 0 bridgehead atoms.